The van der Waals surface area contributed by atoms with Crippen LogP contribution in [0.15, 0.2) is 48.5 Å². The number of carbonyl (C=O) groups excluding carboxylic acids is 1. The number of hydrogen-bond donors (Lipinski definition) is 1. The summed E-state index contributed by atoms with van der Waals surface area (Å²) in [6, 6.07) is 13.2. The second-order valence-electron chi connectivity index (χ2n) is 5.99. The quantitative estimate of drug-likeness (QED) is 0.891. The highest BCUT2D eigenvalue weighted by Gasteiger charge is 2.49. The largest absolute Gasteiger partial charge is 0.484 e. The third kappa shape index (κ3) is 4.50. The zero-order valence-electron chi connectivity index (χ0n) is 14.0. The zero-order valence-corrected chi connectivity index (χ0v) is 14.0. The number of fused-ring (bicyclic) bond motifs is 1. The van der Waals surface area contributed by atoms with Gasteiger partial charge in [0, 0.05) is 6.42 Å². The van der Waals surface area contributed by atoms with Crippen molar-refractivity contribution in [3.63, 3.8) is 0 Å². The molecule has 1 amide bonds. The SMILES string of the molecule is N#Cc1ccc(OCC(=O)N[C@@H]2Cc3ccccc3O[C@H]2C(F)(F)F)cc1. The number of rotatable bonds is 4. The molecule has 140 valence electrons. The van der Waals surface area contributed by atoms with Crippen LogP contribution in [0.5, 0.6) is 11.5 Å². The van der Waals surface area contributed by atoms with Crippen LogP contribution in [0.1, 0.15) is 11.1 Å². The second kappa shape index (κ2) is 7.58. The van der Waals surface area contributed by atoms with Crippen molar-refractivity contribution in [2.45, 2.75) is 24.7 Å². The number of nitriles is 1. The van der Waals surface area contributed by atoms with Crippen molar-refractivity contribution in [3.8, 4) is 17.6 Å². The molecule has 2 aromatic carbocycles. The molecule has 27 heavy (non-hydrogen) atoms. The van der Waals surface area contributed by atoms with E-state index in [-0.39, 0.29) is 12.2 Å². The Hall–Kier alpha value is -3.21. The number of alkyl halides is 3. The van der Waals surface area contributed by atoms with Crippen molar-refractivity contribution in [3.05, 3.63) is 59.7 Å². The highest BCUT2D eigenvalue weighted by Crippen LogP contribution is 2.35. The molecule has 0 spiro atoms. The lowest BCUT2D eigenvalue weighted by Gasteiger charge is -2.35. The number of nitrogens with zero attached hydrogens (tertiary/aromatic N) is 1. The first kappa shape index (κ1) is 18.6. The molecule has 0 fully saturated rings. The van der Waals surface area contributed by atoms with Gasteiger partial charge >= 0.3 is 6.18 Å². The Morgan fingerprint density at radius 1 is 1.22 bits per heavy atom. The number of benzene rings is 2. The molecule has 2 aromatic rings. The van der Waals surface area contributed by atoms with Crippen LogP contribution < -0.4 is 14.8 Å². The molecule has 8 heteroatoms. The number of nitrogens with one attached hydrogen (secondary N) is 1. The van der Waals surface area contributed by atoms with Crippen molar-refractivity contribution < 1.29 is 27.4 Å². The van der Waals surface area contributed by atoms with E-state index in [1.54, 1.807) is 18.2 Å². The van der Waals surface area contributed by atoms with E-state index in [4.69, 9.17) is 14.7 Å². The number of halogens is 3. The number of ether oxygens (including phenoxy) is 2. The van der Waals surface area contributed by atoms with Gasteiger partial charge in [-0.15, -0.1) is 0 Å². The molecule has 0 aliphatic carbocycles. The van der Waals surface area contributed by atoms with Crippen LogP contribution in [-0.2, 0) is 11.2 Å². The van der Waals surface area contributed by atoms with Gasteiger partial charge in [-0.1, -0.05) is 18.2 Å². The lowest BCUT2D eigenvalue weighted by atomic mass is 9.96. The van der Waals surface area contributed by atoms with E-state index < -0.39 is 30.8 Å². The van der Waals surface area contributed by atoms with E-state index in [1.165, 1.54) is 30.3 Å². The van der Waals surface area contributed by atoms with Crippen molar-refractivity contribution >= 4 is 5.91 Å². The minimum absolute atomic E-state index is 0.00293. The number of amides is 1. The van der Waals surface area contributed by atoms with Crippen molar-refractivity contribution in [1.29, 1.82) is 5.26 Å². The summed E-state index contributed by atoms with van der Waals surface area (Å²) in [7, 11) is 0. The van der Waals surface area contributed by atoms with Gasteiger partial charge in [0.1, 0.15) is 11.5 Å². The van der Waals surface area contributed by atoms with Crippen molar-refractivity contribution in [2.24, 2.45) is 0 Å². The van der Waals surface area contributed by atoms with Crippen LogP contribution >= 0.6 is 0 Å². The van der Waals surface area contributed by atoms with Crippen LogP contribution in [0, 0.1) is 11.3 Å². The average Bonchev–Trinajstić information content (AvgIpc) is 2.65. The molecular formula is C19H15F3N2O3. The van der Waals surface area contributed by atoms with Crippen molar-refractivity contribution in [1.82, 2.24) is 5.32 Å². The van der Waals surface area contributed by atoms with Gasteiger partial charge in [0.2, 0.25) is 6.10 Å². The first-order valence-electron chi connectivity index (χ1n) is 8.10. The summed E-state index contributed by atoms with van der Waals surface area (Å²) in [6.07, 6.45) is -6.76. The summed E-state index contributed by atoms with van der Waals surface area (Å²) in [5.74, 6) is -0.192. The standard InChI is InChI=1S/C19H15F3N2O3/c20-19(21,22)18-15(9-13-3-1-2-4-16(13)27-18)24-17(25)11-26-14-7-5-12(10-23)6-8-14/h1-8,15,18H,9,11H2,(H,24,25)/t15-,18-/m1/s1. The van der Waals surface area contributed by atoms with Gasteiger partial charge in [-0.2, -0.15) is 18.4 Å². The fraction of sp³-hybridized carbons (Fsp3) is 0.263. The number of hydrogen-bond acceptors (Lipinski definition) is 4. The van der Waals surface area contributed by atoms with Gasteiger partial charge in [-0.05, 0) is 35.9 Å². The third-order valence-corrected chi connectivity index (χ3v) is 4.05. The normalized spacial score (nSPS) is 18.6. The van der Waals surface area contributed by atoms with Crippen LogP contribution in [0.3, 0.4) is 0 Å². The number of carbonyl (C=O) groups is 1. The van der Waals surface area contributed by atoms with Gasteiger partial charge in [0.05, 0.1) is 17.7 Å². The molecule has 1 aliphatic heterocycles. The monoisotopic (exact) mass is 376 g/mol. The Labute approximate surface area is 153 Å². The van der Waals surface area contributed by atoms with E-state index in [9.17, 15) is 18.0 Å². The van der Waals surface area contributed by atoms with E-state index in [1.807, 2.05) is 6.07 Å². The molecular weight excluding hydrogens is 361 g/mol. The Kier molecular flexibility index (Phi) is 5.21. The van der Waals surface area contributed by atoms with Crippen molar-refractivity contribution in [2.75, 3.05) is 6.61 Å². The maximum atomic E-state index is 13.3. The van der Waals surface area contributed by atoms with Crippen LogP contribution in [0.4, 0.5) is 13.2 Å². The summed E-state index contributed by atoms with van der Waals surface area (Å²) in [5.41, 5.74) is 1.02. The highest BCUT2D eigenvalue weighted by molar-refractivity contribution is 5.78. The fourth-order valence-electron chi connectivity index (χ4n) is 2.80. The summed E-state index contributed by atoms with van der Waals surface area (Å²) in [4.78, 5) is 12.1. The van der Waals surface area contributed by atoms with Crippen LogP contribution in [-0.4, -0.2) is 30.8 Å². The lowest BCUT2D eigenvalue weighted by molar-refractivity contribution is -0.206. The smallest absolute Gasteiger partial charge is 0.427 e. The molecule has 3 rings (SSSR count). The molecule has 0 saturated carbocycles. The minimum Gasteiger partial charge on any atom is -0.484 e. The van der Waals surface area contributed by atoms with Gasteiger partial charge in [0.25, 0.3) is 5.91 Å². The first-order chi connectivity index (χ1) is 12.9. The van der Waals surface area contributed by atoms with E-state index in [2.05, 4.69) is 5.32 Å². The molecule has 0 saturated heterocycles. The summed E-state index contributed by atoms with van der Waals surface area (Å²) < 4.78 is 50.3. The molecule has 2 atom stereocenters. The van der Waals surface area contributed by atoms with E-state index in [0.29, 0.717) is 16.9 Å². The maximum Gasteiger partial charge on any atom is 0.427 e. The summed E-state index contributed by atoms with van der Waals surface area (Å²) >= 11 is 0. The van der Waals surface area contributed by atoms with Gasteiger partial charge in [0.15, 0.2) is 6.61 Å². The Bertz CT molecular complexity index is 860. The lowest BCUT2D eigenvalue weighted by Crippen LogP contribution is -2.56. The molecule has 0 aromatic heterocycles. The maximum absolute atomic E-state index is 13.3. The van der Waals surface area contributed by atoms with Gasteiger partial charge in [-0.3, -0.25) is 4.79 Å². The predicted octanol–water partition coefficient (Wildman–Crippen LogP) is 2.99. The topological polar surface area (TPSA) is 71.3 Å². The zero-order chi connectivity index (χ0) is 19.4. The Morgan fingerprint density at radius 3 is 2.59 bits per heavy atom. The fourth-order valence-corrected chi connectivity index (χ4v) is 2.80. The molecule has 0 bridgehead atoms. The minimum atomic E-state index is -4.63. The highest BCUT2D eigenvalue weighted by atomic mass is 19.4. The number of para-hydroxylation sites is 1. The summed E-state index contributed by atoms with van der Waals surface area (Å²) in [6.45, 7) is -0.450. The summed E-state index contributed by atoms with van der Waals surface area (Å²) in [5, 5.41) is 11.1. The molecule has 1 N–H and O–H groups in total. The molecule has 1 heterocycles. The Morgan fingerprint density at radius 2 is 1.93 bits per heavy atom. The van der Waals surface area contributed by atoms with E-state index in [0.717, 1.165) is 0 Å². The van der Waals surface area contributed by atoms with E-state index >= 15 is 0 Å². The van der Waals surface area contributed by atoms with Crippen LogP contribution in [0.25, 0.3) is 0 Å². The predicted molar refractivity (Wildman–Crippen MR) is 89.2 cm³/mol. The first-order valence-corrected chi connectivity index (χ1v) is 8.10. The van der Waals surface area contributed by atoms with Crippen LogP contribution in [0.2, 0.25) is 0 Å². The van der Waals surface area contributed by atoms with Gasteiger partial charge in [-0.25, -0.2) is 0 Å². The molecule has 0 unspecified atom stereocenters. The average molecular weight is 376 g/mol. The molecule has 1 aliphatic rings. The second-order valence-corrected chi connectivity index (χ2v) is 5.99. The Balaban J connectivity index is 1.65. The third-order valence-electron chi connectivity index (χ3n) is 4.05. The molecule has 0 radical (unpaired) electrons. The molecule has 5 nitrogen and oxygen atoms in total. The van der Waals surface area contributed by atoms with Gasteiger partial charge < -0.3 is 14.8 Å².